The van der Waals surface area contributed by atoms with Gasteiger partial charge in [0.1, 0.15) is 12.4 Å². The number of nitrogens with one attached hydrogen (secondary N) is 1. The smallest absolute Gasteiger partial charge is 0.410 e. The van der Waals surface area contributed by atoms with Crippen LogP contribution in [-0.4, -0.2) is 54.4 Å². The summed E-state index contributed by atoms with van der Waals surface area (Å²) in [7, 11) is 0. The number of benzene rings is 1. The Labute approximate surface area is 155 Å². The SMILES string of the molecule is O=C(NCC1CN(C(=O)OCc2cccs2)CCO1)c1ccc(O)cc1. The van der Waals surface area contributed by atoms with Crippen molar-refractivity contribution < 1.29 is 24.2 Å². The standard InChI is InChI=1S/C18H20N2O5S/c21-14-5-3-13(4-6-14)17(22)19-10-15-11-20(7-8-24-15)18(23)25-12-16-2-1-9-26-16/h1-6,9,15,21H,7-8,10-12H2,(H,19,22). The Bertz CT molecular complexity index is 733. The average molecular weight is 376 g/mol. The van der Waals surface area contributed by atoms with Crippen LogP contribution in [0.2, 0.25) is 0 Å². The van der Waals surface area contributed by atoms with Crippen molar-refractivity contribution in [3.05, 3.63) is 52.2 Å². The van der Waals surface area contributed by atoms with Crippen molar-refractivity contribution in [1.82, 2.24) is 10.2 Å². The van der Waals surface area contributed by atoms with Gasteiger partial charge in [-0.2, -0.15) is 0 Å². The third kappa shape index (κ3) is 4.96. The van der Waals surface area contributed by atoms with E-state index in [-0.39, 0.29) is 37.0 Å². The number of phenols is 1. The molecule has 2 N–H and O–H groups in total. The van der Waals surface area contributed by atoms with Crippen LogP contribution in [0.15, 0.2) is 41.8 Å². The highest BCUT2D eigenvalue weighted by atomic mass is 32.1. The lowest BCUT2D eigenvalue weighted by Crippen LogP contribution is -2.49. The van der Waals surface area contributed by atoms with Crippen LogP contribution in [0.5, 0.6) is 5.75 Å². The number of phenolic OH excluding ortho intramolecular Hbond substituents is 1. The number of ether oxygens (including phenoxy) is 2. The maximum Gasteiger partial charge on any atom is 0.410 e. The van der Waals surface area contributed by atoms with Gasteiger partial charge in [0.2, 0.25) is 0 Å². The number of hydrogen-bond donors (Lipinski definition) is 2. The van der Waals surface area contributed by atoms with Crippen LogP contribution >= 0.6 is 11.3 Å². The average Bonchev–Trinajstić information content (AvgIpc) is 3.18. The van der Waals surface area contributed by atoms with E-state index in [2.05, 4.69) is 5.32 Å². The van der Waals surface area contributed by atoms with Crippen LogP contribution < -0.4 is 5.32 Å². The lowest BCUT2D eigenvalue weighted by atomic mass is 10.2. The molecule has 2 aromatic rings. The van der Waals surface area contributed by atoms with E-state index in [1.165, 1.54) is 23.5 Å². The van der Waals surface area contributed by atoms with Crippen molar-refractivity contribution in [1.29, 1.82) is 0 Å². The van der Waals surface area contributed by atoms with Gasteiger partial charge in [-0.05, 0) is 35.7 Å². The van der Waals surface area contributed by atoms with Crippen LogP contribution in [0.1, 0.15) is 15.2 Å². The third-order valence-electron chi connectivity index (χ3n) is 3.93. The summed E-state index contributed by atoms with van der Waals surface area (Å²) >= 11 is 1.54. The molecule has 1 aliphatic rings. The number of carbonyl (C=O) groups excluding carboxylic acids is 2. The predicted octanol–water partition coefficient (Wildman–Crippen LogP) is 2.22. The van der Waals surface area contributed by atoms with Crippen LogP contribution in [0.25, 0.3) is 0 Å². The molecule has 1 aromatic carbocycles. The molecule has 3 rings (SSSR count). The van der Waals surface area contributed by atoms with Crippen LogP contribution in [0, 0.1) is 0 Å². The van der Waals surface area contributed by atoms with Crippen molar-refractivity contribution in [3.63, 3.8) is 0 Å². The lowest BCUT2D eigenvalue weighted by Gasteiger charge is -2.32. The van der Waals surface area contributed by atoms with Crippen molar-refractivity contribution >= 4 is 23.3 Å². The summed E-state index contributed by atoms with van der Waals surface area (Å²) in [6, 6.07) is 9.82. The molecule has 1 saturated heterocycles. The number of amides is 2. The quantitative estimate of drug-likeness (QED) is 0.835. The topological polar surface area (TPSA) is 88.1 Å². The second kappa shape index (κ2) is 8.68. The zero-order chi connectivity index (χ0) is 18.4. The Kier molecular flexibility index (Phi) is 6.08. The minimum atomic E-state index is -0.378. The summed E-state index contributed by atoms with van der Waals surface area (Å²) in [5.41, 5.74) is 0.450. The summed E-state index contributed by atoms with van der Waals surface area (Å²) in [6.07, 6.45) is -0.671. The molecule has 2 amide bonds. The summed E-state index contributed by atoms with van der Waals surface area (Å²) in [6.45, 7) is 1.77. The predicted molar refractivity (Wildman–Crippen MR) is 96.3 cm³/mol. The molecule has 2 heterocycles. The fourth-order valence-electron chi connectivity index (χ4n) is 2.55. The number of carbonyl (C=O) groups is 2. The van der Waals surface area contributed by atoms with Gasteiger partial charge in [0, 0.05) is 23.5 Å². The minimum Gasteiger partial charge on any atom is -0.508 e. The first-order chi connectivity index (χ1) is 12.6. The molecule has 1 aromatic heterocycles. The number of morpholine rings is 1. The number of thiophene rings is 1. The number of nitrogens with zero attached hydrogens (tertiary/aromatic N) is 1. The molecule has 0 spiro atoms. The van der Waals surface area contributed by atoms with Gasteiger partial charge in [-0.15, -0.1) is 11.3 Å². The van der Waals surface area contributed by atoms with Gasteiger partial charge in [0.25, 0.3) is 5.91 Å². The van der Waals surface area contributed by atoms with Crippen molar-refractivity contribution in [2.45, 2.75) is 12.7 Å². The van der Waals surface area contributed by atoms with E-state index in [0.717, 1.165) is 4.88 Å². The molecule has 8 heteroatoms. The maximum atomic E-state index is 12.2. The van der Waals surface area contributed by atoms with Gasteiger partial charge >= 0.3 is 6.09 Å². The van der Waals surface area contributed by atoms with E-state index >= 15 is 0 Å². The van der Waals surface area contributed by atoms with E-state index in [1.807, 2.05) is 17.5 Å². The summed E-state index contributed by atoms with van der Waals surface area (Å²) in [5.74, 6) is -0.153. The second-order valence-corrected chi connectivity index (χ2v) is 6.86. The minimum absolute atomic E-state index is 0.105. The van der Waals surface area contributed by atoms with E-state index < -0.39 is 0 Å². The van der Waals surface area contributed by atoms with Gasteiger partial charge in [-0.1, -0.05) is 6.07 Å². The monoisotopic (exact) mass is 376 g/mol. The molecule has 0 radical (unpaired) electrons. The second-order valence-electron chi connectivity index (χ2n) is 5.83. The first-order valence-corrected chi connectivity index (χ1v) is 9.12. The fourth-order valence-corrected chi connectivity index (χ4v) is 3.16. The molecule has 26 heavy (non-hydrogen) atoms. The molecule has 1 unspecified atom stereocenters. The van der Waals surface area contributed by atoms with E-state index in [1.54, 1.807) is 17.0 Å². The van der Waals surface area contributed by atoms with E-state index in [9.17, 15) is 14.7 Å². The van der Waals surface area contributed by atoms with Gasteiger partial charge in [-0.25, -0.2) is 4.79 Å². The van der Waals surface area contributed by atoms with E-state index in [4.69, 9.17) is 9.47 Å². The molecular weight excluding hydrogens is 356 g/mol. The zero-order valence-electron chi connectivity index (χ0n) is 14.1. The first kappa shape index (κ1) is 18.2. The van der Waals surface area contributed by atoms with E-state index in [0.29, 0.717) is 25.3 Å². The highest BCUT2D eigenvalue weighted by molar-refractivity contribution is 7.09. The molecule has 0 saturated carbocycles. The molecule has 138 valence electrons. The zero-order valence-corrected chi connectivity index (χ0v) is 14.9. The number of aromatic hydroxyl groups is 1. The molecule has 0 bridgehead atoms. The molecule has 1 aliphatic heterocycles. The van der Waals surface area contributed by atoms with Crippen LogP contribution in [-0.2, 0) is 16.1 Å². The first-order valence-electron chi connectivity index (χ1n) is 8.25. The van der Waals surface area contributed by atoms with Crippen molar-refractivity contribution in [2.75, 3.05) is 26.2 Å². The number of rotatable bonds is 5. The van der Waals surface area contributed by atoms with Gasteiger partial charge < -0.3 is 24.8 Å². The van der Waals surface area contributed by atoms with Crippen LogP contribution in [0.3, 0.4) is 0 Å². The molecule has 0 aliphatic carbocycles. The maximum absolute atomic E-state index is 12.2. The Balaban J connectivity index is 1.44. The molecule has 7 nitrogen and oxygen atoms in total. The number of hydrogen-bond acceptors (Lipinski definition) is 6. The Morgan fingerprint density at radius 1 is 1.31 bits per heavy atom. The van der Waals surface area contributed by atoms with Crippen molar-refractivity contribution in [2.24, 2.45) is 0 Å². The third-order valence-corrected chi connectivity index (χ3v) is 4.78. The Morgan fingerprint density at radius 3 is 2.85 bits per heavy atom. The highest BCUT2D eigenvalue weighted by Gasteiger charge is 2.25. The molecular formula is C18H20N2O5S. The van der Waals surface area contributed by atoms with Crippen LogP contribution in [0.4, 0.5) is 4.79 Å². The van der Waals surface area contributed by atoms with Gasteiger partial charge in [0.05, 0.1) is 19.3 Å². The van der Waals surface area contributed by atoms with Crippen molar-refractivity contribution in [3.8, 4) is 5.75 Å². The molecule has 1 fully saturated rings. The Morgan fingerprint density at radius 2 is 2.12 bits per heavy atom. The molecule has 1 atom stereocenters. The summed E-state index contributed by atoms with van der Waals surface area (Å²) in [5, 5.41) is 14.0. The largest absolute Gasteiger partial charge is 0.508 e. The normalized spacial score (nSPS) is 16.9. The fraction of sp³-hybridized carbons (Fsp3) is 0.333. The Hall–Kier alpha value is -2.58. The van der Waals surface area contributed by atoms with Gasteiger partial charge in [-0.3, -0.25) is 4.79 Å². The lowest BCUT2D eigenvalue weighted by molar-refractivity contribution is -0.0262. The summed E-state index contributed by atoms with van der Waals surface area (Å²) < 4.78 is 10.9. The van der Waals surface area contributed by atoms with Gasteiger partial charge in [0.15, 0.2) is 0 Å². The summed E-state index contributed by atoms with van der Waals surface area (Å²) in [4.78, 5) is 26.8. The highest BCUT2D eigenvalue weighted by Crippen LogP contribution is 2.13.